The molecule has 21 heavy (non-hydrogen) atoms. The van der Waals surface area contributed by atoms with Crippen LogP contribution in [0.2, 0.25) is 5.02 Å². The summed E-state index contributed by atoms with van der Waals surface area (Å²) >= 11 is 7.16. The van der Waals surface area contributed by atoms with Gasteiger partial charge in [0.1, 0.15) is 5.65 Å². The standard InChI is InChI=1S/C12H10ClN5O2S/c13-7-1-2-9-15-8(3-11(19)18(9)5-7)6-21-12-17-16-10(4-14)20-12/h1-3,5H,4,6,14H2. The van der Waals surface area contributed by atoms with Crippen molar-refractivity contribution in [3.05, 3.63) is 51.4 Å². The first-order valence-corrected chi connectivity index (χ1v) is 7.35. The average Bonchev–Trinajstić information content (AvgIpc) is 2.94. The molecule has 0 aliphatic rings. The summed E-state index contributed by atoms with van der Waals surface area (Å²) in [7, 11) is 0. The normalized spacial score (nSPS) is 11.1. The fourth-order valence-corrected chi connectivity index (χ4v) is 2.55. The average molecular weight is 324 g/mol. The molecule has 108 valence electrons. The van der Waals surface area contributed by atoms with Crippen LogP contribution >= 0.6 is 23.4 Å². The van der Waals surface area contributed by atoms with Gasteiger partial charge in [-0.15, -0.1) is 10.2 Å². The van der Waals surface area contributed by atoms with Crippen molar-refractivity contribution in [2.75, 3.05) is 0 Å². The van der Waals surface area contributed by atoms with Crippen LogP contribution in [0.15, 0.2) is 38.8 Å². The lowest BCUT2D eigenvalue weighted by Gasteiger charge is -2.03. The van der Waals surface area contributed by atoms with Crippen LogP contribution in [0.4, 0.5) is 0 Å². The minimum Gasteiger partial charge on any atom is -0.415 e. The molecular weight excluding hydrogens is 314 g/mol. The maximum atomic E-state index is 12.0. The molecule has 0 saturated heterocycles. The highest BCUT2D eigenvalue weighted by Gasteiger charge is 2.08. The summed E-state index contributed by atoms with van der Waals surface area (Å²) in [6.45, 7) is 0.198. The molecule has 3 aromatic heterocycles. The van der Waals surface area contributed by atoms with Gasteiger partial charge in [0.15, 0.2) is 0 Å². The number of halogens is 1. The fourth-order valence-electron chi connectivity index (χ4n) is 1.71. The molecule has 3 aromatic rings. The molecule has 3 rings (SSSR count). The summed E-state index contributed by atoms with van der Waals surface area (Å²) in [5.41, 5.74) is 6.37. The minimum absolute atomic E-state index is 0.189. The van der Waals surface area contributed by atoms with Gasteiger partial charge in [-0.05, 0) is 12.1 Å². The molecule has 9 heteroatoms. The molecule has 0 fully saturated rings. The zero-order valence-electron chi connectivity index (χ0n) is 10.7. The Hall–Kier alpha value is -1.90. The predicted octanol–water partition coefficient (Wildman–Crippen LogP) is 1.48. The van der Waals surface area contributed by atoms with Crippen LogP contribution in [-0.4, -0.2) is 19.6 Å². The second-order valence-corrected chi connectivity index (χ2v) is 5.48. The van der Waals surface area contributed by atoms with Gasteiger partial charge in [0.05, 0.1) is 17.3 Å². The Bertz CT molecular complexity index is 847. The summed E-state index contributed by atoms with van der Waals surface area (Å²) in [6.07, 6.45) is 1.54. The number of aromatic nitrogens is 4. The number of hydrogen-bond donors (Lipinski definition) is 1. The van der Waals surface area contributed by atoms with Crippen molar-refractivity contribution >= 4 is 29.0 Å². The lowest BCUT2D eigenvalue weighted by atomic mass is 10.4. The molecule has 2 N–H and O–H groups in total. The summed E-state index contributed by atoms with van der Waals surface area (Å²) in [6, 6.07) is 4.83. The van der Waals surface area contributed by atoms with E-state index in [2.05, 4.69) is 15.2 Å². The Balaban J connectivity index is 1.84. The van der Waals surface area contributed by atoms with Gasteiger partial charge in [0, 0.05) is 18.0 Å². The van der Waals surface area contributed by atoms with Gasteiger partial charge in [0.2, 0.25) is 5.89 Å². The number of nitrogens with zero attached hydrogens (tertiary/aromatic N) is 4. The van der Waals surface area contributed by atoms with Crippen LogP contribution in [0.1, 0.15) is 11.6 Å². The van der Waals surface area contributed by atoms with Gasteiger partial charge in [-0.2, -0.15) is 0 Å². The summed E-state index contributed by atoms with van der Waals surface area (Å²) in [4.78, 5) is 16.4. The SMILES string of the molecule is NCc1nnc(SCc2cc(=O)n3cc(Cl)ccc3n2)o1. The van der Waals surface area contributed by atoms with E-state index in [-0.39, 0.29) is 12.1 Å². The molecule has 0 atom stereocenters. The Morgan fingerprint density at radius 3 is 3.00 bits per heavy atom. The summed E-state index contributed by atoms with van der Waals surface area (Å²) in [5.74, 6) is 0.819. The van der Waals surface area contributed by atoms with Crippen molar-refractivity contribution in [3.63, 3.8) is 0 Å². The van der Waals surface area contributed by atoms with Crippen molar-refractivity contribution in [1.29, 1.82) is 0 Å². The van der Waals surface area contributed by atoms with Crippen molar-refractivity contribution < 1.29 is 4.42 Å². The number of hydrogen-bond acceptors (Lipinski definition) is 7. The number of rotatable bonds is 4. The van der Waals surface area contributed by atoms with E-state index in [9.17, 15) is 4.79 Å². The highest BCUT2D eigenvalue weighted by molar-refractivity contribution is 7.98. The minimum atomic E-state index is -0.189. The number of pyridine rings is 1. The third-order valence-corrected chi connectivity index (χ3v) is 3.72. The third-order valence-electron chi connectivity index (χ3n) is 2.64. The lowest BCUT2D eigenvalue weighted by molar-refractivity contribution is 0.414. The number of nitrogens with two attached hydrogens (primary N) is 1. The third kappa shape index (κ3) is 3.07. The Morgan fingerprint density at radius 1 is 1.38 bits per heavy atom. The molecule has 0 bridgehead atoms. The van der Waals surface area contributed by atoms with E-state index in [4.69, 9.17) is 21.8 Å². The highest BCUT2D eigenvalue weighted by atomic mass is 35.5. The Morgan fingerprint density at radius 2 is 2.24 bits per heavy atom. The second-order valence-electron chi connectivity index (χ2n) is 4.12. The van der Waals surface area contributed by atoms with E-state index < -0.39 is 0 Å². The van der Waals surface area contributed by atoms with Crippen molar-refractivity contribution in [1.82, 2.24) is 19.6 Å². The quantitative estimate of drug-likeness (QED) is 0.726. The molecule has 7 nitrogen and oxygen atoms in total. The van der Waals surface area contributed by atoms with Gasteiger partial charge < -0.3 is 10.2 Å². The van der Waals surface area contributed by atoms with Gasteiger partial charge in [-0.25, -0.2) is 4.98 Å². The molecule has 0 aliphatic carbocycles. The van der Waals surface area contributed by atoms with E-state index in [0.717, 1.165) is 0 Å². The van der Waals surface area contributed by atoms with Crippen LogP contribution in [0.3, 0.4) is 0 Å². The van der Waals surface area contributed by atoms with E-state index >= 15 is 0 Å². The largest absolute Gasteiger partial charge is 0.415 e. The van der Waals surface area contributed by atoms with Crippen LogP contribution in [0.5, 0.6) is 0 Å². The molecule has 0 amide bonds. The molecular formula is C12H10ClN5O2S. The molecule has 0 unspecified atom stereocenters. The van der Waals surface area contributed by atoms with E-state index in [1.165, 1.54) is 28.4 Å². The van der Waals surface area contributed by atoms with Crippen LogP contribution in [0.25, 0.3) is 5.65 Å². The van der Waals surface area contributed by atoms with Crippen molar-refractivity contribution in [2.45, 2.75) is 17.5 Å². The molecule has 3 heterocycles. The van der Waals surface area contributed by atoms with Crippen molar-refractivity contribution in [2.24, 2.45) is 5.73 Å². The number of thioether (sulfide) groups is 1. The van der Waals surface area contributed by atoms with E-state index in [1.807, 2.05) is 0 Å². The fraction of sp³-hybridized carbons (Fsp3) is 0.167. The van der Waals surface area contributed by atoms with Gasteiger partial charge in [-0.3, -0.25) is 9.20 Å². The van der Waals surface area contributed by atoms with Crippen LogP contribution < -0.4 is 11.3 Å². The van der Waals surface area contributed by atoms with Crippen LogP contribution in [-0.2, 0) is 12.3 Å². The zero-order valence-corrected chi connectivity index (χ0v) is 12.3. The van der Waals surface area contributed by atoms with Gasteiger partial charge >= 0.3 is 0 Å². The maximum Gasteiger partial charge on any atom is 0.277 e. The zero-order chi connectivity index (χ0) is 14.8. The van der Waals surface area contributed by atoms with E-state index in [1.54, 1.807) is 12.1 Å². The molecule has 0 saturated carbocycles. The first kappa shape index (κ1) is 14.1. The van der Waals surface area contributed by atoms with E-state index in [0.29, 0.717) is 33.2 Å². The monoisotopic (exact) mass is 323 g/mol. The highest BCUT2D eigenvalue weighted by Crippen LogP contribution is 2.20. The molecule has 0 aliphatic heterocycles. The molecule has 0 aromatic carbocycles. The van der Waals surface area contributed by atoms with Gasteiger partial charge in [-0.1, -0.05) is 23.4 Å². The second kappa shape index (κ2) is 5.84. The Kier molecular flexibility index (Phi) is 3.91. The Labute approximate surface area is 128 Å². The first-order valence-electron chi connectivity index (χ1n) is 5.99. The van der Waals surface area contributed by atoms with Crippen LogP contribution in [0, 0.1) is 0 Å². The van der Waals surface area contributed by atoms with Crippen molar-refractivity contribution in [3.8, 4) is 0 Å². The molecule has 0 spiro atoms. The smallest absolute Gasteiger partial charge is 0.277 e. The van der Waals surface area contributed by atoms with Gasteiger partial charge in [0.25, 0.3) is 10.8 Å². The first-order chi connectivity index (χ1) is 10.2. The summed E-state index contributed by atoms with van der Waals surface area (Å²) < 4.78 is 6.67. The topological polar surface area (TPSA) is 99.3 Å². The maximum absolute atomic E-state index is 12.0. The molecule has 0 radical (unpaired) electrons. The predicted molar refractivity (Wildman–Crippen MR) is 78.2 cm³/mol. The number of fused-ring (bicyclic) bond motifs is 1. The lowest BCUT2D eigenvalue weighted by Crippen LogP contribution is -2.15. The summed E-state index contributed by atoms with van der Waals surface area (Å²) in [5, 5.41) is 8.47.